The minimum Gasteiger partial charge on any atom is -0.425 e. The molecule has 0 bridgehead atoms. The van der Waals surface area contributed by atoms with Gasteiger partial charge in [-0.05, 0) is 55.0 Å². The molecule has 7 nitrogen and oxygen atoms in total. The van der Waals surface area contributed by atoms with Crippen LogP contribution in [0.2, 0.25) is 0 Å². The normalized spacial score (nSPS) is 18.3. The average Bonchev–Trinajstić information content (AvgIpc) is 3.29. The van der Waals surface area contributed by atoms with Gasteiger partial charge in [-0.25, -0.2) is 18.0 Å². The lowest BCUT2D eigenvalue weighted by Crippen LogP contribution is -2.50. The predicted molar refractivity (Wildman–Crippen MR) is 119 cm³/mol. The van der Waals surface area contributed by atoms with E-state index in [-0.39, 0.29) is 30.1 Å². The second-order valence-electron chi connectivity index (χ2n) is 8.21. The molecule has 0 unspecified atom stereocenters. The standard InChI is InChI=1S/C24H23NO6S/c1-2-32(28,29)25-14-16-7-4-3-6-15(16)12-21(25)24(27)30-17-10-11-19-18-8-5-9-20(18)23(26)31-22(19)13-17/h3-4,6-7,10-11,13,21H,2,5,8-9,12,14H2,1H3/t21-/m0/s1. The summed E-state index contributed by atoms with van der Waals surface area (Å²) in [7, 11) is -3.62. The minimum absolute atomic E-state index is 0.106. The monoisotopic (exact) mass is 453 g/mol. The lowest BCUT2D eigenvalue weighted by atomic mass is 9.96. The highest BCUT2D eigenvalue weighted by atomic mass is 32.2. The molecule has 1 atom stereocenters. The number of benzene rings is 2. The van der Waals surface area contributed by atoms with Crippen LogP contribution in [0.1, 0.15) is 35.6 Å². The Labute approximate surface area is 185 Å². The van der Waals surface area contributed by atoms with Crippen molar-refractivity contribution in [2.24, 2.45) is 0 Å². The van der Waals surface area contributed by atoms with Crippen molar-refractivity contribution in [3.05, 3.63) is 75.1 Å². The number of carbonyl (C=O) groups is 1. The third-order valence-electron chi connectivity index (χ3n) is 6.36. The van der Waals surface area contributed by atoms with Crippen LogP contribution in [0.15, 0.2) is 51.7 Å². The first kappa shape index (κ1) is 20.9. The van der Waals surface area contributed by atoms with Crippen molar-refractivity contribution in [1.29, 1.82) is 0 Å². The van der Waals surface area contributed by atoms with Crippen molar-refractivity contribution in [3.8, 4) is 5.75 Å². The van der Waals surface area contributed by atoms with E-state index in [1.165, 1.54) is 10.4 Å². The fraction of sp³-hybridized carbons (Fsp3) is 0.333. The molecular weight excluding hydrogens is 430 g/mol. The lowest BCUT2D eigenvalue weighted by Gasteiger charge is -2.34. The minimum atomic E-state index is -3.62. The molecule has 0 saturated carbocycles. The van der Waals surface area contributed by atoms with E-state index >= 15 is 0 Å². The van der Waals surface area contributed by atoms with E-state index in [0.717, 1.165) is 46.9 Å². The summed E-state index contributed by atoms with van der Waals surface area (Å²) in [4.78, 5) is 25.4. The summed E-state index contributed by atoms with van der Waals surface area (Å²) in [5, 5.41) is 0.846. The number of sulfonamides is 1. The summed E-state index contributed by atoms with van der Waals surface area (Å²) < 4.78 is 37.7. The Balaban J connectivity index is 1.47. The number of hydrogen-bond acceptors (Lipinski definition) is 6. The van der Waals surface area contributed by atoms with Crippen LogP contribution >= 0.6 is 0 Å². The first-order chi connectivity index (χ1) is 15.4. The highest BCUT2D eigenvalue weighted by molar-refractivity contribution is 7.89. The van der Waals surface area contributed by atoms with Crippen LogP contribution < -0.4 is 10.4 Å². The van der Waals surface area contributed by atoms with Crippen LogP contribution in [0, 0.1) is 0 Å². The quantitative estimate of drug-likeness (QED) is 0.343. The number of ether oxygens (including phenoxy) is 1. The number of carbonyl (C=O) groups excluding carboxylic acids is 1. The summed E-state index contributed by atoms with van der Waals surface area (Å²) in [6.45, 7) is 1.69. The number of esters is 1. The van der Waals surface area contributed by atoms with E-state index in [1.807, 2.05) is 24.3 Å². The zero-order chi connectivity index (χ0) is 22.5. The van der Waals surface area contributed by atoms with E-state index < -0.39 is 22.0 Å². The van der Waals surface area contributed by atoms with E-state index in [2.05, 4.69) is 0 Å². The maximum atomic E-state index is 13.1. The van der Waals surface area contributed by atoms with Crippen LogP contribution in [-0.4, -0.2) is 30.5 Å². The smallest absolute Gasteiger partial charge is 0.339 e. The molecular formula is C24H23NO6S. The van der Waals surface area contributed by atoms with Gasteiger partial charge in [0.2, 0.25) is 10.0 Å². The lowest BCUT2D eigenvalue weighted by molar-refractivity contribution is -0.139. The first-order valence-corrected chi connectivity index (χ1v) is 12.3. The molecule has 0 N–H and O–H groups in total. The molecule has 0 spiro atoms. The summed E-state index contributed by atoms with van der Waals surface area (Å²) in [6, 6.07) is 11.5. The van der Waals surface area contributed by atoms with Gasteiger partial charge in [-0.2, -0.15) is 4.31 Å². The number of nitrogens with zero attached hydrogens (tertiary/aromatic N) is 1. The highest BCUT2D eigenvalue weighted by Gasteiger charge is 2.39. The van der Waals surface area contributed by atoms with Crippen LogP contribution in [-0.2, 0) is 40.6 Å². The Hall–Kier alpha value is -2.97. The molecule has 0 fully saturated rings. The molecule has 2 aliphatic rings. The van der Waals surface area contributed by atoms with E-state index in [1.54, 1.807) is 19.1 Å². The molecule has 5 rings (SSSR count). The van der Waals surface area contributed by atoms with Gasteiger partial charge in [-0.15, -0.1) is 0 Å². The molecule has 2 heterocycles. The predicted octanol–water partition coefficient (Wildman–Crippen LogP) is 2.96. The first-order valence-electron chi connectivity index (χ1n) is 10.7. The summed E-state index contributed by atoms with van der Waals surface area (Å²) in [5.41, 5.74) is 3.55. The van der Waals surface area contributed by atoms with Crippen LogP contribution in [0.3, 0.4) is 0 Å². The Bertz CT molecular complexity index is 1390. The Kier molecular flexibility index (Phi) is 5.14. The van der Waals surface area contributed by atoms with Crippen molar-refractivity contribution in [3.63, 3.8) is 0 Å². The summed E-state index contributed by atoms with van der Waals surface area (Å²) >= 11 is 0. The van der Waals surface area contributed by atoms with Gasteiger partial charge in [0, 0.05) is 30.0 Å². The molecule has 0 radical (unpaired) electrons. The SMILES string of the molecule is CCS(=O)(=O)N1Cc2ccccc2C[C@H]1C(=O)Oc1ccc2c3c(c(=O)oc2c1)CCC3. The molecule has 32 heavy (non-hydrogen) atoms. The van der Waals surface area contributed by atoms with Gasteiger partial charge in [0.05, 0.1) is 5.75 Å². The molecule has 1 aliphatic carbocycles. The van der Waals surface area contributed by atoms with E-state index in [0.29, 0.717) is 5.58 Å². The molecule has 1 aliphatic heterocycles. The summed E-state index contributed by atoms with van der Waals surface area (Å²) in [5.74, 6) is -0.541. The zero-order valence-electron chi connectivity index (χ0n) is 17.7. The second-order valence-corrected chi connectivity index (χ2v) is 10.4. The van der Waals surface area contributed by atoms with E-state index in [4.69, 9.17) is 9.15 Å². The van der Waals surface area contributed by atoms with Gasteiger partial charge in [0.1, 0.15) is 17.4 Å². The number of fused-ring (bicyclic) bond motifs is 4. The third kappa shape index (κ3) is 3.53. The average molecular weight is 454 g/mol. The van der Waals surface area contributed by atoms with Crippen molar-refractivity contribution in [1.82, 2.24) is 4.31 Å². The largest absolute Gasteiger partial charge is 0.425 e. The van der Waals surface area contributed by atoms with Gasteiger partial charge in [0.15, 0.2) is 0 Å². The zero-order valence-corrected chi connectivity index (χ0v) is 18.5. The van der Waals surface area contributed by atoms with Crippen LogP contribution in [0.25, 0.3) is 11.0 Å². The molecule has 0 amide bonds. The fourth-order valence-corrected chi connectivity index (χ4v) is 5.89. The molecule has 166 valence electrons. The second kappa shape index (κ2) is 7.86. The maximum Gasteiger partial charge on any atom is 0.339 e. The number of hydrogen-bond donors (Lipinski definition) is 0. The molecule has 8 heteroatoms. The van der Waals surface area contributed by atoms with Gasteiger partial charge in [-0.3, -0.25) is 0 Å². The Morgan fingerprint density at radius 1 is 1.12 bits per heavy atom. The van der Waals surface area contributed by atoms with Crippen LogP contribution in [0.4, 0.5) is 0 Å². The van der Waals surface area contributed by atoms with Crippen LogP contribution in [0.5, 0.6) is 5.75 Å². The van der Waals surface area contributed by atoms with Gasteiger partial charge >= 0.3 is 11.6 Å². The molecule has 2 aromatic carbocycles. The van der Waals surface area contributed by atoms with Gasteiger partial charge < -0.3 is 9.15 Å². The van der Waals surface area contributed by atoms with Crippen molar-refractivity contribution < 1.29 is 22.4 Å². The molecule has 3 aromatic rings. The van der Waals surface area contributed by atoms with Gasteiger partial charge in [-0.1, -0.05) is 24.3 Å². The highest BCUT2D eigenvalue weighted by Crippen LogP contribution is 2.31. The third-order valence-corrected chi connectivity index (χ3v) is 8.19. The molecule has 1 aromatic heterocycles. The topological polar surface area (TPSA) is 93.9 Å². The Morgan fingerprint density at radius 3 is 2.66 bits per heavy atom. The van der Waals surface area contributed by atoms with Crippen molar-refractivity contribution in [2.45, 2.75) is 45.2 Å². The number of aryl methyl sites for hydroxylation is 1. The van der Waals surface area contributed by atoms with Gasteiger partial charge in [0.25, 0.3) is 0 Å². The molecule has 0 saturated heterocycles. The fourth-order valence-electron chi connectivity index (χ4n) is 4.67. The van der Waals surface area contributed by atoms with E-state index in [9.17, 15) is 18.0 Å². The summed E-state index contributed by atoms with van der Waals surface area (Å²) in [6.07, 6.45) is 2.70. The van der Waals surface area contributed by atoms with Crippen molar-refractivity contribution in [2.75, 3.05) is 5.75 Å². The Morgan fingerprint density at radius 2 is 1.88 bits per heavy atom. The maximum absolute atomic E-state index is 13.1. The number of rotatable bonds is 4. The van der Waals surface area contributed by atoms with Crippen molar-refractivity contribution >= 4 is 27.0 Å².